The molecule has 1 amide bonds. The second kappa shape index (κ2) is 15.8. The van der Waals surface area contributed by atoms with E-state index < -0.39 is 41.9 Å². The third-order valence-corrected chi connectivity index (χ3v) is 6.94. The van der Waals surface area contributed by atoms with E-state index in [0.717, 1.165) is 11.6 Å². The molecule has 40 heavy (non-hydrogen) atoms. The van der Waals surface area contributed by atoms with Crippen LogP contribution in [0.4, 0.5) is 0 Å². The summed E-state index contributed by atoms with van der Waals surface area (Å²) < 4.78 is 16.5. The highest BCUT2D eigenvalue weighted by Crippen LogP contribution is 2.29. The Labute approximate surface area is 235 Å². The van der Waals surface area contributed by atoms with Gasteiger partial charge in [-0.15, -0.1) is 4.99 Å². The number of hydroxylamine groups is 1. The fourth-order valence-electron chi connectivity index (χ4n) is 4.73. The van der Waals surface area contributed by atoms with Gasteiger partial charge in [-0.3, -0.25) is 14.4 Å². The van der Waals surface area contributed by atoms with Gasteiger partial charge >= 0.3 is 0 Å². The molecule has 11 heteroatoms. The van der Waals surface area contributed by atoms with Crippen LogP contribution in [0.1, 0.15) is 40.5 Å². The number of fused-ring (bicyclic) bond motifs is 2. The first-order chi connectivity index (χ1) is 19.0. The van der Waals surface area contributed by atoms with Crippen LogP contribution >= 0.6 is 0 Å². The molecule has 1 aliphatic carbocycles. The number of allylic oxidation sites excluding steroid dienone is 4. The van der Waals surface area contributed by atoms with Gasteiger partial charge in [0.25, 0.3) is 5.91 Å². The molecule has 2 aliphatic rings. The van der Waals surface area contributed by atoms with Crippen LogP contribution in [0.2, 0.25) is 0 Å². The summed E-state index contributed by atoms with van der Waals surface area (Å²) in [5, 5.41) is 13.7. The van der Waals surface area contributed by atoms with Crippen LogP contribution in [0.5, 0.6) is 0 Å². The molecule has 0 aromatic heterocycles. The van der Waals surface area contributed by atoms with Crippen LogP contribution in [-0.4, -0.2) is 75.4 Å². The van der Waals surface area contributed by atoms with Crippen molar-refractivity contribution in [3.05, 3.63) is 58.6 Å². The molecule has 0 unspecified atom stereocenters. The van der Waals surface area contributed by atoms with E-state index in [2.05, 4.69) is 10.8 Å². The predicted molar refractivity (Wildman–Crippen MR) is 147 cm³/mol. The molecule has 2 bridgehead atoms. The Morgan fingerprint density at radius 2 is 1.77 bits per heavy atom. The van der Waals surface area contributed by atoms with Crippen molar-refractivity contribution >= 4 is 17.5 Å². The van der Waals surface area contributed by atoms with Crippen molar-refractivity contribution in [3.8, 4) is 0 Å². The lowest BCUT2D eigenvalue weighted by Gasteiger charge is -2.29. The lowest BCUT2D eigenvalue weighted by atomic mass is 9.85. The summed E-state index contributed by atoms with van der Waals surface area (Å²) in [5.41, 5.74) is 3.53. The van der Waals surface area contributed by atoms with Gasteiger partial charge in [0.05, 0.1) is 25.0 Å². The van der Waals surface area contributed by atoms with E-state index in [-0.39, 0.29) is 40.9 Å². The normalized spacial score (nSPS) is 32.9. The molecule has 0 aromatic carbocycles. The number of nitrogens with one attached hydrogen (secondary N) is 2. The minimum atomic E-state index is -0.896. The van der Waals surface area contributed by atoms with Gasteiger partial charge in [0, 0.05) is 44.4 Å². The molecular weight excluding hydrogens is 520 g/mol. The Morgan fingerprint density at radius 3 is 2.38 bits per heavy atom. The number of carbonyl (C=O) groups is 3. The number of hydrogen-bond acceptors (Lipinski definition) is 10. The zero-order valence-electron chi connectivity index (χ0n) is 24.5. The zero-order chi connectivity index (χ0) is 30.0. The van der Waals surface area contributed by atoms with E-state index in [0.29, 0.717) is 6.42 Å². The van der Waals surface area contributed by atoms with Gasteiger partial charge in [-0.1, -0.05) is 38.2 Å². The van der Waals surface area contributed by atoms with Crippen molar-refractivity contribution in [2.24, 2.45) is 11.8 Å². The van der Waals surface area contributed by atoms with Crippen molar-refractivity contribution in [2.75, 3.05) is 28.4 Å². The Kier molecular flexibility index (Phi) is 13.1. The summed E-state index contributed by atoms with van der Waals surface area (Å²) >= 11 is 0. The van der Waals surface area contributed by atoms with Gasteiger partial charge in [-0.05, 0) is 38.2 Å². The Hall–Kier alpha value is -2.93. The summed E-state index contributed by atoms with van der Waals surface area (Å²) in [6, 6.07) is 0. The molecule has 6 atom stereocenters. The monoisotopic (exact) mass is 562 g/mol. The third kappa shape index (κ3) is 8.53. The van der Waals surface area contributed by atoms with Gasteiger partial charge in [0.1, 0.15) is 12.2 Å². The summed E-state index contributed by atoms with van der Waals surface area (Å²) in [6.07, 6.45) is 5.57. The predicted octanol–water partition coefficient (Wildman–Crippen LogP) is 2.40. The Morgan fingerprint density at radius 1 is 1.07 bits per heavy atom. The molecule has 1 aliphatic heterocycles. The first-order valence-electron chi connectivity index (χ1n) is 13.1. The number of carbonyl (C=O) groups excluding carboxylic acids is 3. The fourth-order valence-corrected chi connectivity index (χ4v) is 4.73. The molecule has 2 rings (SSSR count). The molecule has 0 saturated carbocycles. The minimum absolute atomic E-state index is 0.0576. The molecule has 0 spiro atoms. The minimum Gasteiger partial charge on any atom is -0.492 e. The van der Waals surface area contributed by atoms with Gasteiger partial charge in [0.2, 0.25) is 11.6 Å². The number of Topliss-reactive ketones (excluding diaryl/α,β-unsaturated/α-hetero) is 1. The number of methoxy groups -OCH3 is 3. The average Bonchev–Trinajstić information content (AvgIpc) is 2.92. The smallest absolute Gasteiger partial charge is 0.251 e. The number of ether oxygens (including phenoxy) is 3. The number of hydrogen-bond donors (Lipinski definition) is 3. The fraction of sp³-hybridized carbons (Fsp3) is 0.552. The molecule has 3 N–H and O–H groups in total. The molecule has 1 heterocycles. The van der Waals surface area contributed by atoms with Crippen molar-refractivity contribution in [1.82, 2.24) is 10.8 Å². The molecule has 0 radical (unpaired) electrons. The van der Waals surface area contributed by atoms with Crippen LogP contribution in [0.3, 0.4) is 0 Å². The van der Waals surface area contributed by atoms with Crippen LogP contribution in [0.25, 0.3) is 0 Å². The number of aliphatic hydroxyl groups excluding tert-OH is 1. The maximum absolute atomic E-state index is 13.3. The summed E-state index contributed by atoms with van der Waals surface area (Å²) in [6.45, 7) is 7.17. The maximum Gasteiger partial charge on any atom is 0.251 e. The topological polar surface area (TPSA) is 142 Å². The van der Waals surface area contributed by atoms with Gasteiger partial charge < -0.3 is 24.6 Å². The number of aliphatic hydroxyl groups is 1. The second-order valence-corrected chi connectivity index (χ2v) is 10.0. The van der Waals surface area contributed by atoms with Crippen molar-refractivity contribution in [1.29, 1.82) is 0 Å². The first kappa shape index (κ1) is 33.3. The number of amides is 1. The highest BCUT2D eigenvalue weighted by atomic mass is 17.3. The van der Waals surface area contributed by atoms with Crippen molar-refractivity contribution in [3.63, 3.8) is 0 Å². The molecule has 11 nitrogen and oxygen atoms in total. The van der Waals surface area contributed by atoms with E-state index in [1.54, 1.807) is 32.2 Å². The first-order valence-corrected chi connectivity index (χ1v) is 13.1. The van der Waals surface area contributed by atoms with E-state index in [4.69, 9.17) is 24.1 Å². The van der Waals surface area contributed by atoms with Crippen molar-refractivity contribution < 1.29 is 43.6 Å². The summed E-state index contributed by atoms with van der Waals surface area (Å²) in [5.74, 6) is -2.15. The quantitative estimate of drug-likeness (QED) is 0.191. The maximum atomic E-state index is 13.3. The zero-order valence-corrected chi connectivity index (χ0v) is 24.5. The second-order valence-electron chi connectivity index (χ2n) is 10.0. The number of rotatable bonds is 6. The molecular formula is C29H42N2O9. The molecule has 0 aromatic rings. The lowest BCUT2D eigenvalue weighted by Crippen LogP contribution is -2.36. The van der Waals surface area contributed by atoms with E-state index in [1.807, 2.05) is 26.8 Å². The van der Waals surface area contributed by atoms with Crippen LogP contribution < -0.4 is 10.8 Å². The van der Waals surface area contributed by atoms with Gasteiger partial charge in [0.15, 0.2) is 5.76 Å². The SMILES string of the molecule is CNOO[C@H]1/C(C)=C/[C@H](C)[C@@H](O)[C@@H](OC)C[C@H](C)CC2=C(OC)C(=O)C=C(NC(=O)/C(C)=C/C=C\[C@@H]1OC)C2=O. The van der Waals surface area contributed by atoms with Crippen molar-refractivity contribution in [2.45, 2.75) is 65.0 Å². The Balaban J connectivity index is 2.58. The van der Waals surface area contributed by atoms with Crippen LogP contribution in [0, 0.1) is 11.8 Å². The molecule has 0 saturated heterocycles. The highest BCUT2D eigenvalue weighted by molar-refractivity contribution is 6.23. The average molecular weight is 563 g/mol. The molecule has 222 valence electrons. The highest BCUT2D eigenvalue weighted by Gasteiger charge is 2.33. The summed E-state index contributed by atoms with van der Waals surface area (Å²) in [4.78, 5) is 49.5. The summed E-state index contributed by atoms with van der Waals surface area (Å²) in [7, 11) is 5.90. The third-order valence-electron chi connectivity index (χ3n) is 6.94. The lowest BCUT2D eigenvalue weighted by molar-refractivity contribution is -0.360. The Bertz CT molecular complexity index is 1090. The largest absolute Gasteiger partial charge is 0.492 e. The standard InChI is InChI=1S/C29H42N2O9/c1-16-12-20-26(34)21(15-22(32)28(20)38-8)31-29(35)17(2)10-9-11-23(36-6)27(39-40-30-5)19(4)14-18(3)25(33)24(13-16)37-7/h9-11,14-16,18,23-25,27,30,33H,12-13H2,1-8H3,(H,31,35)/b11-9-,17-10+,19-14+/t16-,18+,23+,24+,25-,27+/m1/s1. The molecule has 0 fully saturated rings. The van der Waals surface area contributed by atoms with E-state index >= 15 is 0 Å². The van der Waals surface area contributed by atoms with Gasteiger partial charge in [-0.2, -0.15) is 5.48 Å². The van der Waals surface area contributed by atoms with Crippen LogP contribution in [0.15, 0.2) is 58.6 Å². The van der Waals surface area contributed by atoms with E-state index in [1.165, 1.54) is 21.3 Å². The van der Waals surface area contributed by atoms with Gasteiger partial charge in [-0.25, -0.2) is 4.89 Å². The number of ketones is 2. The van der Waals surface area contributed by atoms with E-state index in [9.17, 15) is 19.5 Å². The van der Waals surface area contributed by atoms with Crippen LogP contribution in [-0.2, 0) is 38.5 Å².